The van der Waals surface area contributed by atoms with E-state index in [4.69, 9.17) is 5.73 Å². The molecule has 0 aliphatic heterocycles. The summed E-state index contributed by atoms with van der Waals surface area (Å²) < 4.78 is 0. The van der Waals surface area contributed by atoms with Gasteiger partial charge in [-0.25, -0.2) is 4.98 Å². The number of aromatic nitrogens is 1. The molecule has 0 unspecified atom stereocenters. The molecule has 2 nitrogen and oxygen atoms in total. The normalized spacial score (nSPS) is 20.0. The second-order valence-corrected chi connectivity index (χ2v) is 6.82. The van der Waals surface area contributed by atoms with Crippen molar-refractivity contribution in [3.63, 3.8) is 0 Å². The van der Waals surface area contributed by atoms with Crippen LogP contribution in [0.4, 0.5) is 0 Å². The Morgan fingerprint density at radius 3 is 2.60 bits per heavy atom. The first-order chi connectivity index (χ1) is 6.89. The molecule has 1 aromatic heterocycles. The van der Waals surface area contributed by atoms with Crippen LogP contribution in [-0.4, -0.2) is 4.98 Å². The number of rotatable bonds is 2. The Morgan fingerprint density at radius 2 is 2.13 bits per heavy atom. The second-order valence-electron chi connectivity index (χ2n) is 5.87. The minimum Gasteiger partial charge on any atom is -0.320 e. The van der Waals surface area contributed by atoms with E-state index < -0.39 is 0 Å². The molecule has 0 saturated heterocycles. The summed E-state index contributed by atoms with van der Waals surface area (Å²) in [6.07, 6.45) is 4.51. The summed E-state index contributed by atoms with van der Waals surface area (Å²) in [5.41, 5.74) is 7.59. The zero-order valence-corrected chi connectivity index (χ0v) is 10.7. The fourth-order valence-electron chi connectivity index (χ4n) is 1.89. The third kappa shape index (κ3) is 2.40. The van der Waals surface area contributed by atoms with E-state index in [1.165, 1.54) is 11.4 Å². The van der Waals surface area contributed by atoms with Crippen LogP contribution in [-0.2, 0) is 12.0 Å². The van der Waals surface area contributed by atoms with Gasteiger partial charge in [0.2, 0.25) is 0 Å². The number of nitrogens with zero attached hydrogens (tertiary/aromatic N) is 1. The molecule has 0 radical (unpaired) electrons. The molecule has 3 heteroatoms. The molecule has 1 aliphatic carbocycles. The van der Waals surface area contributed by atoms with Crippen LogP contribution in [0.25, 0.3) is 0 Å². The maximum absolute atomic E-state index is 6.25. The maximum Gasteiger partial charge on any atom is 0.0934 e. The zero-order valence-electron chi connectivity index (χ0n) is 9.84. The van der Waals surface area contributed by atoms with Crippen LogP contribution in [0.15, 0.2) is 5.38 Å². The van der Waals surface area contributed by atoms with Crippen LogP contribution in [0.3, 0.4) is 0 Å². The van der Waals surface area contributed by atoms with Crippen molar-refractivity contribution in [3.05, 3.63) is 16.1 Å². The highest BCUT2D eigenvalue weighted by Gasteiger charge is 2.36. The lowest BCUT2D eigenvalue weighted by Crippen LogP contribution is -2.43. The number of nitrogens with two attached hydrogens (primary N) is 1. The first kappa shape index (κ1) is 11.1. The van der Waals surface area contributed by atoms with Gasteiger partial charge >= 0.3 is 0 Å². The highest BCUT2D eigenvalue weighted by Crippen LogP contribution is 2.39. The molecule has 1 aliphatic rings. The standard InChI is InChI=1S/C12H20N2S/c1-11(2,3)7-10-14-9(8-15-10)12(13)5-4-6-12/h8H,4-7,13H2,1-3H3. The van der Waals surface area contributed by atoms with Gasteiger partial charge in [0.25, 0.3) is 0 Å². The van der Waals surface area contributed by atoms with Crippen molar-refractivity contribution in [2.75, 3.05) is 0 Å². The van der Waals surface area contributed by atoms with Gasteiger partial charge < -0.3 is 5.73 Å². The Balaban J connectivity index is 2.10. The SMILES string of the molecule is CC(C)(C)Cc1nc(C2(N)CCC2)cs1. The molecular weight excluding hydrogens is 204 g/mol. The van der Waals surface area contributed by atoms with Gasteiger partial charge in [0.05, 0.1) is 16.2 Å². The predicted molar refractivity (Wildman–Crippen MR) is 65.0 cm³/mol. The van der Waals surface area contributed by atoms with Crippen molar-refractivity contribution in [3.8, 4) is 0 Å². The minimum atomic E-state index is -0.0906. The minimum absolute atomic E-state index is 0.0906. The zero-order chi connectivity index (χ0) is 11.1. The fraction of sp³-hybridized carbons (Fsp3) is 0.750. The molecule has 0 bridgehead atoms. The molecule has 0 aromatic carbocycles. The lowest BCUT2D eigenvalue weighted by Gasteiger charge is -2.36. The van der Waals surface area contributed by atoms with Crippen LogP contribution in [0.2, 0.25) is 0 Å². The average molecular weight is 224 g/mol. The van der Waals surface area contributed by atoms with E-state index >= 15 is 0 Å². The number of hydrogen-bond donors (Lipinski definition) is 1. The summed E-state index contributed by atoms with van der Waals surface area (Å²) >= 11 is 1.76. The quantitative estimate of drug-likeness (QED) is 0.838. The van der Waals surface area contributed by atoms with Crippen molar-refractivity contribution in [2.45, 2.75) is 52.0 Å². The fourth-order valence-corrected chi connectivity index (χ4v) is 3.09. The highest BCUT2D eigenvalue weighted by atomic mass is 32.1. The van der Waals surface area contributed by atoms with Gasteiger partial charge in [-0.05, 0) is 24.7 Å². The molecule has 1 saturated carbocycles. The van der Waals surface area contributed by atoms with Crippen molar-refractivity contribution in [1.29, 1.82) is 0 Å². The van der Waals surface area contributed by atoms with Crippen LogP contribution in [0.5, 0.6) is 0 Å². The van der Waals surface area contributed by atoms with Crippen LogP contribution < -0.4 is 5.73 Å². The smallest absolute Gasteiger partial charge is 0.0934 e. The summed E-state index contributed by atoms with van der Waals surface area (Å²) in [5, 5.41) is 3.38. The molecule has 2 rings (SSSR count). The topological polar surface area (TPSA) is 38.9 Å². The first-order valence-corrected chi connectivity index (χ1v) is 6.51. The summed E-state index contributed by atoms with van der Waals surface area (Å²) in [4.78, 5) is 4.68. The van der Waals surface area contributed by atoms with E-state index in [1.807, 2.05) is 0 Å². The Kier molecular flexibility index (Phi) is 2.63. The third-order valence-corrected chi connectivity index (χ3v) is 3.84. The van der Waals surface area contributed by atoms with Gasteiger partial charge in [-0.15, -0.1) is 11.3 Å². The van der Waals surface area contributed by atoms with E-state index in [0.717, 1.165) is 25.0 Å². The van der Waals surface area contributed by atoms with Gasteiger partial charge in [0, 0.05) is 11.8 Å². The van der Waals surface area contributed by atoms with Crippen molar-refractivity contribution in [2.24, 2.45) is 11.1 Å². The first-order valence-electron chi connectivity index (χ1n) is 5.63. The number of hydrogen-bond acceptors (Lipinski definition) is 3. The summed E-state index contributed by atoms with van der Waals surface area (Å²) in [6.45, 7) is 6.74. The van der Waals surface area contributed by atoms with Crippen LogP contribution in [0.1, 0.15) is 50.7 Å². The van der Waals surface area contributed by atoms with E-state index in [9.17, 15) is 0 Å². The lowest BCUT2D eigenvalue weighted by atomic mass is 9.76. The largest absolute Gasteiger partial charge is 0.320 e. The molecule has 1 aromatic rings. The van der Waals surface area contributed by atoms with E-state index in [0.29, 0.717) is 5.41 Å². The Bertz CT molecular complexity index is 345. The van der Waals surface area contributed by atoms with Crippen LogP contribution >= 0.6 is 11.3 Å². The average Bonchev–Trinajstić information content (AvgIpc) is 2.45. The van der Waals surface area contributed by atoms with Crippen LogP contribution in [0, 0.1) is 5.41 Å². The Hall–Kier alpha value is -0.410. The van der Waals surface area contributed by atoms with Crippen molar-refractivity contribution < 1.29 is 0 Å². The second kappa shape index (κ2) is 3.56. The molecule has 1 fully saturated rings. The highest BCUT2D eigenvalue weighted by molar-refractivity contribution is 7.09. The van der Waals surface area contributed by atoms with Gasteiger partial charge in [-0.1, -0.05) is 20.8 Å². The van der Waals surface area contributed by atoms with E-state index in [1.54, 1.807) is 11.3 Å². The molecule has 0 amide bonds. The molecule has 2 N–H and O–H groups in total. The third-order valence-electron chi connectivity index (χ3n) is 2.99. The molecule has 15 heavy (non-hydrogen) atoms. The molecule has 84 valence electrons. The van der Waals surface area contributed by atoms with Gasteiger partial charge in [-0.2, -0.15) is 0 Å². The number of thiazole rings is 1. The van der Waals surface area contributed by atoms with Gasteiger partial charge in [0.1, 0.15) is 0 Å². The molecule has 1 heterocycles. The van der Waals surface area contributed by atoms with Crippen molar-refractivity contribution >= 4 is 11.3 Å². The monoisotopic (exact) mass is 224 g/mol. The van der Waals surface area contributed by atoms with E-state index in [2.05, 4.69) is 31.1 Å². The molecule has 0 atom stereocenters. The van der Waals surface area contributed by atoms with Gasteiger partial charge in [-0.3, -0.25) is 0 Å². The Labute approximate surface area is 95.9 Å². The summed E-state index contributed by atoms with van der Waals surface area (Å²) in [5.74, 6) is 0. The molecule has 0 spiro atoms. The lowest BCUT2D eigenvalue weighted by molar-refractivity contribution is 0.246. The maximum atomic E-state index is 6.25. The van der Waals surface area contributed by atoms with Gasteiger partial charge in [0.15, 0.2) is 0 Å². The van der Waals surface area contributed by atoms with E-state index in [-0.39, 0.29) is 5.54 Å². The predicted octanol–water partition coefficient (Wildman–Crippen LogP) is 3.07. The molecular formula is C12H20N2S. The van der Waals surface area contributed by atoms with Crippen molar-refractivity contribution in [1.82, 2.24) is 4.98 Å². The Morgan fingerprint density at radius 1 is 1.47 bits per heavy atom. The summed E-state index contributed by atoms with van der Waals surface area (Å²) in [7, 11) is 0. The summed E-state index contributed by atoms with van der Waals surface area (Å²) in [6, 6.07) is 0.